The molecule has 0 aliphatic carbocycles. The van der Waals surface area contributed by atoms with Crippen LogP contribution in [0, 0.1) is 0 Å². The second-order valence-corrected chi connectivity index (χ2v) is 4.10. The molecule has 1 N–H and O–H groups in total. The van der Waals surface area contributed by atoms with Crippen LogP contribution >= 0.6 is 0 Å². The first-order valence-electron chi connectivity index (χ1n) is 5.76. The smallest absolute Gasteiger partial charge is 0.289 e. The zero-order valence-corrected chi connectivity index (χ0v) is 9.48. The van der Waals surface area contributed by atoms with Crippen LogP contribution in [0.4, 0.5) is 0 Å². The Balaban J connectivity index is 2.12. The Morgan fingerprint density at radius 3 is 3.06 bits per heavy atom. The van der Waals surface area contributed by atoms with Gasteiger partial charge in [0.2, 0.25) is 0 Å². The number of hydrogen-bond donors (Lipinski definition) is 1. The summed E-state index contributed by atoms with van der Waals surface area (Å²) >= 11 is 0. The maximum absolute atomic E-state index is 12.1. The van der Waals surface area contributed by atoms with Crippen LogP contribution in [0.25, 0.3) is 0 Å². The molecule has 1 aliphatic heterocycles. The van der Waals surface area contributed by atoms with E-state index in [4.69, 9.17) is 9.52 Å². The lowest BCUT2D eigenvalue weighted by atomic mass is 10.2. The third-order valence-corrected chi connectivity index (χ3v) is 3.07. The van der Waals surface area contributed by atoms with E-state index in [1.54, 1.807) is 11.0 Å². The zero-order chi connectivity index (χ0) is 11.5. The molecule has 1 amide bonds. The van der Waals surface area contributed by atoms with Gasteiger partial charge in [-0.1, -0.05) is 6.92 Å². The van der Waals surface area contributed by atoms with Gasteiger partial charge >= 0.3 is 0 Å². The van der Waals surface area contributed by atoms with E-state index >= 15 is 0 Å². The van der Waals surface area contributed by atoms with E-state index in [-0.39, 0.29) is 18.6 Å². The third-order valence-electron chi connectivity index (χ3n) is 3.07. The molecular formula is C12H17NO3. The Morgan fingerprint density at radius 1 is 1.62 bits per heavy atom. The number of carbonyl (C=O) groups excluding carboxylic acids is 1. The van der Waals surface area contributed by atoms with Crippen molar-refractivity contribution in [2.45, 2.75) is 32.2 Å². The summed E-state index contributed by atoms with van der Waals surface area (Å²) in [6.07, 6.45) is 2.62. The molecule has 1 saturated heterocycles. The summed E-state index contributed by atoms with van der Waals surface area (Å²) in [5.41, 5.74) is 0. The topological polar surface area (TPSA) is 53.7 Å². The molecule has 2 rings (SSSR count). The van der Waals surface area contributed by atoms with Crippen LogP contribution in [0.15, 0.2) is 16.5 Å². The Hall–Kier alpha value is -1.29. The molecule has 2 heterocycles. The molecule has 0 aromatic carbocycles. The van der Waals surface area contributed by atoms with Crippen LogP contribution in [0.5, 0.6) is 0 Å². The summed E-state index contributed by atoms with van der Waals surface area (Å²) in [7, 11) is 0. The highest BCUT2D eigenvalue weighted by atomic mass is 16.4. The van der Waals surface area contributed by atoms with Gasteiger partial charge in [-0.2, -0.15) is 0 Å². The fourth-order valence-corrected chi connectivity index (χ4v) is 2.12. The van der Waals surface area contributed by atoms with Crippen molar-refractivity contribution >= 4 is 5.91 Å². The van der Waals surface area contributed by atoms with Gasteiger partial charge in [-0.25, -0.2) is 0 Å². The number of furan rings is 1. The summed E-state index contributed by atoms with van der Waals surface area (Å²) in [5.74, 6) is 1.11. The number of hydrogen-bond acceptors (Lipinski definition) is 3. The zero-order valence-electron chi connectivity index (χ0n) is 9.48. The van der Waals surface area contributed by atoms with E-state index < -0.39 is 0 Å². The summed E-state index contributed by atoms with van der Waals surface area (Å²) in [6, 6.07) is 3.51. The van der Waals surface area contributed by atoms with Crippen LogP contribution in [-0.4, -0.2) is 35.1 Å². The molecule has 1 aromatic heterocycles. The van der Waals surface area contributed by atoms with Crippen LogP contribution in [0.1, 0.15) is 36.1 Å². The second-order valence-electron chi connectivity index (χ2n) is 4.10. The lowest BCUT2D eigenvalue weighted by Crippen LogP contribution is -2.37. The predicted molar refractivity (Wildman–Crippen MR) is 59.2 cm³/mol. The van der Waals surface area contributed by atoms with E-state index in [0.717, 1.165) is 25.0 Å². The maximum Gasteiger partial charge on any atom is 0.289 e. The fourth-order valence-electron chi connectivity index (χ4n) is 2.12. The molecule has 1 aliphatic rings. The van der Waals surface area contributed by atoms with Crippen molar-refractivity contribution in [2.75, 3.05) is 13.2 Å². The summed E-state index contributed by atoms with van der Waals surface area (Å²) in [5, 5.41) is 9.16. The third kappa shape index (κ3) is 1.97. The van der Waals surface area contributed by atoms with Gasteiger partial charge in [0, 0.05) is 13.0 Å². The average Bonchev–Trinajstić information content (AvgIpc) is 2.96. The van der Waals surface area contributed by atoms with E-state index in [1.165, 1.54) is 0 Å². The largest absolute Gasteiger partial charge is 0.456 e. The number of carbonyl (C=O) groups is 1. The van der Waals surface area contributed by atoms with Gasteiger partial charge < -0.3 is 14.4 Å². The van der Waals surface area contributed by atoms with Gasteiger partial charge in [-0.05, 0) is 25.0 Å². The lowest BCUT2D eigenvalue weighted by molar-refractivity contribution is 0.0644. The number of amides is 1. The van der Waals surface area contributed by atoms with Gasteiger partial charge in [-0.3, -0.25) is 4.79 Å². The van der Waals surface area contributed by atoms with Crippen molar-refractivity contribution in [3.63, 3.8) is 0 Å². The van der Waals surface area contributed by atoms with Crippen molar-refractivity contribution in [1.82, 2.24) is 4.90 Å². The number of likely N-dealkylation sites (tertiary alicyclic amines) is 1. The minimum absolute atomic E-state index is 0.0348. The summed E-state index contributed by atoms with van der Waals surface area (Å²) < 4.78 is 5.43. The number of aliphatic hydroxyl groups excluding tert-OH is 1. The Kier molecular flexibility index (Phi) is 3.29. The van der Waals surface area contributed by atoms with Crippen molar-refractivity contribution in [3.05, 3.63) is 23.7 Å². The molecule has 16 heavy (non-hydrogen) atoms. The molecule has 88 valence electrons. The first-order chi connectivity index (χ1) is 7.76. The minimum atomic E-state index is -0.101. The van der Waals surface area contributed by atoms with Crippen LogP contribution < -0.4 is 0 Å². The first kappa shape index (κ1) is 11.2. The standard InChI is InChI=1S/C12H17NO3/c1-2-10-5-6-11(16-10)12(15)13-7-3-4-9(13)8-14/h5-6,9,14H,2-4,7-8H2,1H3. The molecule has 0 spiro atoms. The number of aryl methyl sites for hydroxylation is 1. The SMILES string of the molecule is CCc1ccc(C(=O)N2CCCC2CO)o1. The minimum Gasteiger partial charge on any atom is -0.456 e. The normalized spacial score (nSPS) is 20.4. The Bertz CT molecular complexity index is 372. The van der Waals surface area contributed by atoms with Gasteiger partial charge in [0.1, 0.15) is 5.76 Å². The molecule has 0 radical (unpaired) electrons. The van der Waals surface area contributed by atoms with Crippen LogP contribution in [0.2, 0.25) is 0 Å². The van der Waals surface area contributed by atoms with Crippen LogP contribution in [0.3, 0.4) is 0 Å². The monoisotopic (exact) mass is 223 g/mol. The molecular weight excluding hydrogens is 206 g/mol. The summed E-state index contributed by atoms with van der Waals surface area (Å²) in [4.78, 5) is 13.8. The second kappa shape index (κ2) is 4.70. The number of aliphatic hydroxyl groups is 1. The fraction of sp³-hybridized carbons (Fsp3) is 0.583. The highest BCUT2D eigenvalue weighted by molar-refractivity contribution is 5.92. The maximum atomic E-state index is 12.1. The molecule has 1 aromatic rings. The van der Waals surface area contributed by atoms with Crippen LogP contribution in [-0.2, 0) is 6.42 Å². The Morgan fingerprint density at radius 2 is 2.44 bits per heavy atom. The molecule has 1 atom stereocenters. The Labute approximate surface area is 94.9 Å². The predicted octanol–water partition coefficient (Wildman–Crippen LogP) is 1.44. The van der Waals surface area contributed by atoms with E-state index in [2.05, 4.69) is 0 Å². The number of rotatable bonds is 3. The number of nitrogens with zero attached hydrogens (tertiary/aromatic N) is 1. The van der Waals surface area contributed by atoms with Gasteiger partial charge in [0.05, 0.1) is 12.6 Å². The quantitative estimate of drug-likeness (QED) is 0.843. The van der Waals surface area contributed by atoms with Gasteiger partial charge in [-0.15, -0.1) is 0 Å². The highest BCUT2D eigenvalue weighted by Crippen LogP contribution is 2.20. The first-order valence-corrected chi connectivity index (χ1v) is 5.76. The van der Waals surface area contributed by atoms with Gasteiger partial charge in [0.25, 0.3) is 5.91 Å². The lowest BCUT2D eigenvalue weighted by Gasteiger charge is -2.21. The molecule has 4 heteroatoms. The average molecular weight is 223 g/mol. The summed E-state index contributed by atoms with van der Waals surface area (Å²) in [6.45, 7) is 2.73. The van der Waals surface area contributed by atoms with E-state index in [1.807, 2.05) is 13.0 Å². The van der Waals surface area contributed by atoms with E-state index in [9.17, 15) is 4.79 Å². The molecule has 1 unspecified atom stereocenters. The van der Waals surface area contributed by atoms with Crippen molar-refractivity contribution in [2.24, 2.45) is 0 Å². The van der Waals surface area contributed by atoms with E-state index in [0.29, 0.717) is 12.3 Å². The molecule has 0 saturated carbocycles. The van der Waals surface area contributed by atoms with Gasteiger partial charge in [0.15, 0.2) is 5.76 Å². The van der Waals surface area contributed by atoms with Crippen molar-refractivity contribution in [3.8, 4) is 0 Å². The molecule has 4 nitrogen and oxygen atoms in total. The van der Waals surface area contributed by atoms with Crippen molar-refractivity contribution in [1.29, 1.82) is 0 Å². The molecule has 0 bridgehead atoms. The van der Waals surface area contributed by atoms with Crippen molar-refractivity contribution < 1.29 is 14.3 Å². The molecule has 1 fully saturated rings. The highest BCUT2D eigenvalue weighted by Gasteiger charge is 2.30.